The zero-order valence-corrected chi connectivity index (χ0v) is 16.3. The van der Waals surface area contributed by atoms with Crippen molar-refractivity contribution in [1.82, 2.24) is 15.2 Å². The van der Waals surface area contributed by atoms with Crippen molar-refractivity contribution in [2.75, 3.05) is 18.1 Å². The van der Waals surface area contributed by atoms with Crippen molar-refractivity contribution in [2.24, 2.45) is 0 Å². The molecule has 0 saturated carbocycles. The lowest BCUT2D eigenvalue weighted by Gasteiger charge is -2.31. The highest BCUT2D eigenvalue weighted by Gasteiger charge is 2.27. The fourth-order valence-corrected chi connectivity index (χ4v) is 3.21. The van der Waals surface area contributed by atoms with E-state index in [1.165, 1.54) is 12.4 Å². The molecular formula is C21H16F4N4O3. The zero-order chi connectivity index (χ0) is 22.8. The first-order valence-corrected chi connectivity index (χ1v) is 9.34. The van der Waals surface area contributed by atoms with Gasteiger partial charge in [-0.15, -0.1) is 0 Å². The quantitative estimate of drug-likeness (QED) is 0.373. The minimum Gasteiger partial charge on any atom is -0.451 e. The maximum atomic E-state index is 15.1. The molecule has 0 radical (unpaired) electrons. The normalized spacial score (nSPS) is 11.3. The molecule has 0 aliphatic heterocycles. The Balaban J connectivity index is 1.80. The second-order valence-electron chi connectivity index (χ2n) is 6.77. The van der Waals surface area contributed by atoms with E-state index in [-0.39, 0.29) is 11.5 Å². The number of benzene rings is 2. The van der Waals surface area contributed by atoms with Crippen molar-refractivity contribution in [1.29, 1.82) is 0 Å². The van der Waals surface area contributed by atoms with Crippen LogP contribution in [0.1, 0.15) is 0 Å². The van der Waals surface area contributed by atoms with Gasteiger partial charge in [0.05, 0.1) is 42.0 Å². The van der Waals surface area contributed by atoms with E-state index in [1.54, 1.807) is 6.07 Å². The summed E-state index contributed by atoms with van der Waals surface area (Å²) >= 11 is 0. The number of nitrogens with one attached hydrogen (secondary N) is 1. The molecule has 0 fully saturated rings. The predicted octanol–water partition coefficient (Wildman–Crippen LogP) is 3.80. The third-order valence-corrected chi connectivity index (χ3v) is 4.74. The summed E-state index contributed by atoms with van der Waals surface area (Å²) in [5, 5.41) is 26.5. The Morgan fingerprint density at radius 2 is 1.69 bits per heavy atom. The molecule has 11 heteroatoms. The van der Waals surface area contributed by atoms with E-state index in [0.717, 1.165) is 23.1 Å². The number of pyridine rings is 1. The number of aliphatic hydroxyl groups excluding tert-OH is 2. The fourth-order valence-electron chi connectivity index (χ4n) is 3.21. The number of aromatic nitrogens is 3. The number of hydrogen-bond donors (Lipinski definition) is 3. The van der Waals surface area contributed by atoms with Gasteiger partial charge in [-0.3, -0.25) is 5.10 Å². The molecule has 32 heavy (non-hydrogen) atoms. The SMILES string of the molecule is OCC(CO)N(c1cc(F)c(Oc2ccc(F)cc2F)cc1F)c1nccc2[nH]ncc12. The lowest BCUT2D eigenvalue weighted by atomic mass is 10.1. The molecular weight excluding hydrogens is 432 g/mol. The van der Waals surface area contributed by atoms with Crippen LogP contribution in [0.15, 0.2) is 48.8 Å². The van der Waals surface area contributed by atoms with Gasteiger partial charge in [-0.25, -0.2) is 22.5 Å². The Hall–Kier alpha value is -3.70. The molecule has 0 aliphatic carbocycles. The topological polar surface area (TPSA) is 94.5 Å². The molecule has 4 rings (SSSR count). The third kappa shape index (κ3) is 3.95. The first-order chi connectivity index (χ1) is 15.4. The molecule has 2 aromatic heterocycles. The summed E-state index contributed by atoms with van der Waals surface area (Å²) in [6.45, 7) is -1.21. The largest absolute Gasteiger partial charge is 0.451 e. The van der Waals surface area contributed by atoms with E-state index in [1.807, 2.05) is 0 Å². The van der Waals surface area contributed by atoms with Gasteiger partial charge in [-0.05, 0) is 18.2 Å². The summed E-state index contributed by atoms with van der Waals surface area (Å²) in [4.78, 5) is 5.33. The molecule has 3 N–H and O–H groups in total. The lowest BCUT2D eigenvalue weighted by molar-refractivity contribution is 0.193. The summed E-state index contributed by atoms with van der Waals surface area (Å²) < 4.78 is 62.0. The van der Waals surface area contributed by atoms with Crippen LogP contribution in [0, 0.1) is 23.3 Å². The van der Waals surface area contributed by atoms with Crippen LogP contribution in [-0.4, -0.2) is 44.7 Å². The Labute approximate surface area is 178 Å². The van der Waals surface area contributed by atoms with Crippen molar-refractivity contribution in [3.63, 3.8) is 0 Å². The summed E-state index contributed by atoms with van der Waals surface area (Å²) in [6, 6.07) is 4.39. The van der Waals surface area contributed by atoms with E-state index in [4.69, 9.17) is 4.74 Å². The standard InChI is InChI=1S/C21H16F4N4O3/c22-11-1-2-19(15(24)5-11)32-20-7-14(23)18(6-16(20)25)29(12(9-30)10-31)21-13-8-27-28-17(13)3-4-26-21/h1-8,12,30-31H,9-10H2,(H,27,28). The average Bonchev–Trinajstić information content (AvgIpc) is 3.26. The van der Waals surface area contributed by atoms with Gasteiger partial charge in [0.25, 0.3) is 0 Å². The molecule has 2 aromatic carbocycles. The van der Waals surface area contributed by atoms with Crippen LogP contribution < -0.4 is 9.64 Å². The molecule has 0 atom stereocenters. The van der Waals surface area contributed by atoms with Gasteiger partial charge in [-0.1, -0.05) is 0 Å². The molecule has 0 unspecified atom stereocenters. The Morgan fingerprint density at radius 1 is 0.938 bits per heavy atom. The Bertz CT molecular complexity index is 1260. The first kappa shape index (κ1) is 21.5. The maximum absolute atomic E-state index is 15.1. The Kier molecular flexibility index (Phi) is 5.93. The molecule has 0 amide bonds. The van der Waals surface area contributed by atoms with E-state index in [9.17, 15) is 23.4 Å². The van der Waals surface area contributed by atoms with E-state index >= 15 is 4.39 Å². The zero-order valence-electron chi connectivity index (χ0n) is 16.3. The van der Waals surface area contributed by atoms with Crippen LogP contribution in [0.2, 0.25) is 0 Å². The second kappa shape index (κ2) is 8.81. The first-order valence-electron chi connectivity index (χ1n) is 9.34. The van der Waals surface area contributed by atoms with Gasteiger partial charge >= 0.3 is 0 Å². The molecule has 2 heterocycles. The van der Waals surface area contributed by atoms with Gasteiger partial charge in [0.15, 0.2) is 29.0 Å². The highest BCUT2D eigenvalue weighted by atomic mass is 19.1. The van der Waals surface area contributed by atoms with Crippen molar-refractivity contribution in [3.05, 3.63) is 72.1 Å². The van der Waals surface area contributed by atoms with Crippen LogP contribution in [0.3, 0.4) is 0 Å². The minimum atomic E-state index is -1.09. The molecule has 0 aliphatic rings. The molecule has 0 bridgehead atoms. The number of H-pyrrole nitrogens is 1. The monoisotopic (exact) mass is 448 g/mol. The van der Waals surface area contributed by atoms with Crippen LogP contribution in [0.25, 0.3) is 10.9 Å². The number of aliphatic hydroxyl groups is 2. The van der Waals surface area contributed by atoms with E-state index < -0.39 is 54.0 Å². The number of nitrogens with zero attached hydrogens (tertiary/aromatic N) is 3. The van der Waals surface area contributed by atoms with Crippen LogP contribution in [-0.2, 0) is 0 Å². The van der Waals surface area contributed by atoms with E-state index in [2.05, 4.69) is 15.2 Å². The average molecular weight is 448 g/mol. The molecule has 0 saturated heterocycles. The van der Waals surface area contributed by atoms with Gasteiger partial charge in [0, 0.05) is 24.4 Å². The second-order valence-corrected chi connectivity index (χ2v) is 6.77. The summed E-state index contributed by atoms with van der Waals surface area (Å²) in [7, 11) is 0. The fraction of sp³-hybridized carbons (Fsp3) is 0.143. The van der Waals surface area contributed by atoms with Gasteiger partial charge in [0.1, 0.15) is 11.6 Å². The molecule has 166 valence electrons. The number of fused-ring (bicyclic) bond motifs is 1. The van der Waals surface area contributed by atoms with Gasteiger partial charge in [0.2, 0.25) is 0 Å². The number of halogens is 4. The van der Waals surface area contributed by atoms with Gasteiger partial charge in [-0.2, -0.15) is 5.10 Å². The minimum absolute atomic E-state index is 0.112. The summed E-state index contributed by atoms with van der Waals surface area (Å²) in [5.74, 6) is -5.04. The van der Waals surface area contributed by atoms with Gasteiger partial charge < -0.3 is 19.8 Å². The lowest BCUT2D eigenvalue weighted by Crippen LogP contribution is -2.38. The third-order valence-electron chi connectivity index (χ3n) is 4.74. The highest BCUT2D eigenvalue weighted by Crippen LogP contribution is 2.37. The molecule has 4 aromatic rings. The van der Waals surface area contributed by atoms with Crippen LogP contribution >= 0.6 is 0 Å². The number of ether oxygens (including phenoxy) is 1. The number of aromatic amines is 1. The number of anilines is 2. The number of rotatable bonds is 7. The van der Waals surface area contributed by atoms with Crippen LogP contribution in [0.4, 0.5) is 29.1 Å². The van der Waals surface area contributed by atoms with Crippen molar-refractivity contribution >= 4 is 22.4 Å². The highest BCUT2D eigenvalue weighted by molar-refractivity contribution is 5.91. The predicted molar refractivity (Wildman–Crippen MR) is 107 cm³/mol. The van der Waals surface area contributed by atoms with Crippen molar-refractivity contribution in [3.8, 4) is 11.5 Å². The van der Waals surface area contributed by atoms with E-state index in [0.29, 0.717) is 23.0 Å². The molecule has 7 nitrogen and oxygen atoms in total. The number of hydrogen-bond acceptors (Lipinski definition) is 6. The van der Waals surface area contributed by atoms with Crippen molar-refractivity contribution in [2.45, 2.75) is 6.04 Å². The summed E-state index contributed by atoms with van der Waals surface area (Å²) in [6.07, 6.45) is 2.82. The van der Waals surface area contributed by atoms with Crippen molar-refractivity contribution < 1.29 is 32.5 Å². The maximum Gasteiger partial charge on any atom is 0.168 e. The van der Waals surface area contributed by atoms with Crippen LogP contribution in [0.5, 0.6) is 11.5 Å². The smallest absolute Gasteiger partial charge is 0.168 e. The Morgan fingerprint density at radius 3 is 2.41 bits per heavy atom. The molecule has 0 spiro atoms. The summed E-state index contributed by atoms with van der Waals surface area (Å²) in [5.41, 5.74) is 0.186.